The van der Waals surface area contributed by atoms with Crippen molar-refractivity contribution in [3.8, 4) is 6.07 Å². The van der Waals surface area contributed by atoms with E-state index in [1.807, 2.05) is 52.9 Å². The third-order valence-corrected chi connectivity index (χ3v) is 5.15. The number of hydrogen-bond donors (Lipinski definition) is 0. The second-order valence-corrected chi connectivity index (χ2v) is 6.48. The summed E-state index contributed by atoms with van der Waals surface area (Å²) in [7, 11) is 0. The lowest BCUT2D eigenvalue weighted by molar-refractivity contribution is 0.0606. The molecule has 0 radical (unpaired) electrons. The van der Waals surface area contributed by atoms with Crippen LogP contribution in [0.3, 0.4) is 0 Å². The molecular formula is C18H19N3OS. The molecule has 1 atom stereocenters. The molecule has 23 heavy (non-hydrogen) atoms. The normalized spacial score (nSPS) is 16.8. The van der Waals surface area contributed by atoms with Crippen LogP contribution in [0.15, 0.2) is 41.1 Å². The molecule has 2 aromatic rings. The third kappa shape index (κ3) is 3.29. The Bertz CT molecular complexity index is 711. The van der Waals surface area contributed by atoms with Crippen LogP contribution in [0.5, 0.6) is 0 Å². The van der Waals surface area contributed by atoms with E-state index in [1.54, 1.807) is 11.3 Å². The lowest BCUT2D eigenvalue weighted by Gasteiger charge is -2.37. The smallest absolute Gasteiger partial charge is 0.255 e. The Labute approximate surface area is 140 Å². The summed E-state index contributed by atoms with van der Waals surface area (Å²) in [5.41, 5.74) is 2.87. The Balaban J connectivity index is 1.65. The summed E-state index contributed by atoms with van der Waals surface area (Å²) in [6.45, 7) is 4.75. The quantitative estimate of drug-likeness (QED) is 0.871. The molecule has 4 nitrogen and oxygen atoms in total. The fourth-order valence-electron chi connectivity index (χ4n) is 2.94. The number of thiophene rings is 1. The highest BCUT2D eigenvalue weighted by Crippen LogP contribution is 2.23. The van der Waals surface area contributed by atoms with Crippen LogP contribution in [0, 0.1) is 18.3 Å². The predicted octanol–water partition coefficient (Wildman–Crippen LogP) is 3.08. The number of benzene rings is 1. The first-order chi connectivity index (χ1) is 11.2. The van der Waals surface area contributed by atoms with Gasteiger partial charge in [-0.1, -0.05) is 30.3 Å². The van der Waals surface area contributed by atoms with E-state index in [-0.39, 0.29) is 11.9 Å². The van der Waals surface area contributed by atoms with Crippen molar-refractivity contribution in [2.45, 2.75) is 13.0 Å². The van der Waals surface area contributed by atoms with Crippen LogP contribution in [0.4, 0.5) is 0 Å². The van der Waals surface area contributed by atoms with Crippen molar-refractivity contribution in [3.63, 3.8) is 0 Å². The maximum atomic E-state index is 12.5. The number of piperazine rings is 1. The van der Waals surface area contributed by atoms with Crippen LogP contribution in [-0.4, -0.2) is 41.9 Å². The molecule has 1 amide bonds. The molecule has 0 bridgehead atoms. The first-order valence-corrected chi connectivity index (χ1v) is 8.65. The summed E-state index contributed by atoms with van der Waals surface area (Å²) in [5.74, 6) is 0.108. The Morgan fingerprint density at radius 2 is 1.87 bits per heavy atom. The minimum Gasteiger partial charge on any atom is -0.336 e. The highest BCUT2D eigenvalue weighted by atomic mass is 32.1. The Hall–Kier alpha value is -2.16. The molecule has 0 spiro atoms. The molecule has 2 heterocycles. The van der Waals surface area contributed by atoms with Gasteiger partial charge >= 0.3 is 0 Å². The van der Waals surface area contributed by atoms with E-state index >= 15 is 0 Å². The zero-order chi connectivity index (χ0) is 16.2. The van der Waals surface area contributed by atoms with Gasteiger partial charge in [0.2, 0.25) is 0 Å². The number of aryl methyl sites for hydroxylation is 1. The summed E-state index contributed by atoms with van der Waals surface area (Å²) < 4.78 is 0. The van der Waals surface area contributed by atoms with Gasteiger partial charge in [-0.15, -0.1) is 0 Å². The van der Waals surface area contributed by atoms with Gasteiger partial charge in [-0.3, -0.25) is 9.69 Å². The molecule has 1 aromatic heterocycles. The Morgan fingerprint density at radius 1 is 1.17 bits per heavy atom. The van der Waals surface area contributed by atoms with Gasteiger partial charge in [0.05, 0.1) is 11.6 Å². The van der Waals surface area contributed by atoms with Crippen molar-refractivity contribution in [3.05, 3.63) is 57.8 Å². The number of carbonyl (C=O) groups excluding carboxylic acids is 1. The summed E-state index contributed by atoms with van der Waals surface area (Å²) in [4.78, 5) is 16.6. The van der Waals surface area contributed by atoms with Crippen LogP contribution < -0.4 is 0 Å². The molecule has 1 saturated heterocycles. The van der Waals surface area contributed by atoms with Crippen LogP contribution in [0.1, 0.15) is 27.5 Å². The lowest BCUT2D eigenvalue weighted by atomic mass is 10.1. The van der Waals surface area contributed by atoms with Gasteiger partial charge in [-0.25, -0.2) is 0 Å². The zero-order valence-corrected chi connectivity index (χ0v) is 13.9. The van der Waals surface area contributed by atoms with Crippen molar-refractivity contribution in [2.75, 3.05) is 26.2 Å². The van der Waals surface area contributed by atoms with Gasteiger partial charge < -0.3 is 4.90 Å². The molecule has 1 aromatic carbocycles. The van der Waals surface area contributed by atoms with Crippen molar-refractivity contribution in [1.82, 2.24) is 9.80 Å². The van der Waals surface area contributed by atoms with Crippen molar-refractivity contribution in [2.24, 2.45) is 0 Å². The standard InChI is InChI=1S/C18H19N3OS/c1-14-12-23-13-16(14)18(22)21-9-7-20(8-10-21)17(11-19)15-5-3-2-4-6-15/h2-6,12-13,17H,7-10H2,1H3/t17-/m1/s1. The molecule has 0 saturated carbocycles. The first-order valence-electron chi connectivity index (χ1n) is 7.71. The van der Waals surface area contributed by atoms with Crippen LogP contribution >= 0.6 is 11.3 Å². The number of carbonyl (C=O) groups is 1. The second-order valence-electron chi connectivity index (χ2n) is 5.74. The molecule has 1 aliphatic heterocycles. The largest absolute Gasteiger partial charge is 0.336 e. The molecule has 0 unspecified atom stereocenters. The van der Waals surface area contributed by atoms with E-state index in [0.29, 0.717) is 13.1 Å². The molecule has 0 aliphatic carbocycles. The van der Waals surface area contributed by atoms with E-state index in [0.717, 1.165) is 29.8 Å². The maximum Gasteiger partial charge on any atom is 0.255 e. The maximum absolute atomic E-state index is 12.5. The summed E-state index contributed by atoms with van der Waals surface area (Å²) in [5, 5.41) is 13.4. The van der Waals surface area contributed by atoms with Gasteiger partial charge in [0.1, 0.15) is 6.04 Å². The van der Waals surface area contributed by atoms with E-state index in [9.17, 15) is 10.1 Å². The Morgan fingerprint density at radius 3 is 2.43 bits per heavy atom. The highest BCUT2D eigenvalue weighted by Gasteiger charge is 2.28. The first kappa shape index (κ1) is 15.7. The third-order valence-electron chi connectivity index (χ3n) is 4.29. The van der Waals surface area contributed by atoms with Crippen molar-refractivity contribution in [1.29, 1.82) is 5.26 Å². The van der Waals surface area contributed by atoms with Crippen LogP contribution in [0.2, 0.25) is 0 Å². The summed E-state index contributed by atoms with van der Waals surface area (Å²) in [6, 6.07) is 12.0. The predicted molar refractivity (Wildman–Crippen MR) is 91.3 cm³/mol. The molecule has 0 N–H and O–H groups in total. The minimum atomic E-state index is -0.240. The summed E-state index contributed by atoms with van der Waals surface area (Å²) >= 11 is 1.56. The second kappa shape index (κ2) is 6.95. The number of nitrogens with zero attached hydrogens (tertiary/aromatic N) is 3. The fraction of sp³-hybridized carbons (Fsp3) is 0.333. The van der Waals surface area contributed by atoms with Gasteiger partial charge in [0, 0.05) is 31.6 Å². The minimum absolute atomic E-state index is 0.108. The SMILES string of the molecule is Cc1cscc1C(=O)N1CCN([C@H](C#N)c2ccccc2)CC1. The number of amides is 1. The van der Waals surface area contributed by atoms with E-state index in [2.05, 4.69) is 11.0 Å². The van der Waals surface area contributed by atoms with Crippen molar-refractivity contribution >= 4 is 17.2 Å². The zero-order valence-electron chi connectivity index (χ0n) is 13.1. The highest BCUT2D eigenvalue weighted by molar-refractivity contribution is 7.08. The molecule has 118 valence electrons. The van der Waals surface area contributed by atoms with Gasteiger partial charge in [-0.2, -0.15) is 16.6 Å². The van der Waals surface area contributed by atoms with Crippen LogP contribution in [0.25, 0.3) is 0 Å². The molecule has 3 rings (SSSR count). The molecular weight excluding hydrogens is 306 g/mol. The topological polar surface area (TPSA) is 47.3 Å². The Kier molecular flexibility index (Phi) is 4.75. The summed E-state index contributed by atoms with van der Waals surface area (Å²) in [6.07, 6.45) is 0. The average molecular weight is 325 g/mol. The van der Waals surface area contributed by atoms with Crippen LogP contribution in [-0.2, 0) is 0 Å². The van der Waals surface area contributed by atoms with Gasteiger partial charge in [-0.05, 0) is 23.4 Å². The number of nitriles is 1. The van der Waals surface area contributed by atoms with Gasteiger partial charge in [0.15, 0.2) is 0 Å². The molecule has 1 aliphatic rings. The van der Waals surface area contributed by atoms with E-state index in [4.69, 9.17) is 0 Å². The molecule has 5 heteroatoms. The van der Waals surface area contributed by atoms with E-state index < -0.39 is 0 Å². The fourth-order valence-corrected chi connectivity index (χ4v) is 3.76. The average Bonchev–Trinajstić information content (AvgIpc) is 3.02. The lowest BCUT2D eigenvalue weighted by Crippen LogP contribution is -2.49. The monoisotopic (exact) mass is 325 g/mol. The molecule has 1 fully saturated rings. The van der Waals surface area contributed by atoms with Gasteiger partial charge in [0.25, 0.3) is 5.91 Å². The van der Waals surface area contributed by atoms with Crippen molar-refractivity contribution < 1.29 is 4.79 Å². The van der Waals surface area contributed by atoms with E-state index in [1.165, 1.54) is 0 Å². The number of hydrogen-bond acceptors (Lipinski definition) is 4. The number of rotatable bonds is 3.